The van der Waals surface area contributed by atoms with E-state index in [1.165, 1.54) is 11.6 Å². The number of rotatable bonds is 8. The van der Waals surface area contributed by atoms with Crippen molar-refractivity contribution in [1.29, 1.82) is 0 Å². The van der Waals surface area contributed by atoms with E-state index in [-0.39, 0.29) is 0 Å². The van der Waals surface area contributed by atoms with Crippen molar-refractivity contribution in [2.45, 2.75) is 38.8 Å². The maximum Gasteiger partial charge on any atom is 0.139 e. The highest BCUT2D eigenvalue weighted by Crippen LogP contribution is 2.08. The molecule has 0 aliphatic rings. The minimum absolute atomic E-state index is 0.587. The molecule has 0 aliphatic carbocycles. The van der Waals surface area contributed by atoms with Crippen LogP contribution in [0, 0.1) is 0 Å². The molecule has 3 nitrogen and oxygen atoms in total. The molecule has 0 saturated heterocycles. The molecule has 0 atom stereocenters. The van der Waals surface area contributed by atoms with Crippen molar-refractivity contribution in [2.75, 3.05) is 18.6 Å². The Labute approximate surface area is 110 Å². The van der Waals surface area contributed by atoms with E-state index >= 15 is 0 Å². The van der Waals surface area contributed by atoms with Gasteiger partial charge in [-0.3, -0.25) is 0 Å². The lowest BCUT2D eigenvalue weighted by molar-refractivity contribution is 0.0785. The zero-order chi connectivity index (χ0) is 12.7. The molecule has 1 aromatic rings. The van der Waals surface area contributed by atoms with Gasteiger partial charge >= 0.3 is 0 Å². The summed E-state index contributed by atoms with van der Waals surface area (Å²) in [5.41, 5.74) is 1.30. The zero-order valence-corrected chi connectivity index (χ0v) is 13.2. The van der Waals surface area contributed by atoms with Gasteiger partial charge in [0.15, 0.2) is 0 Å². The van der Waals surface area contributed by atoms with Crippen molar-refractivity contribution in [3.63, 3.8) is 0 Å². The summed E-state index contributed by atoms with van der Waals surface area (Å²) in [7, 11) is -0.965. The SMILES string of the molecule is CSCCc1cnn(COCC[Si](C)(C)C)c1. The van der Waals surface area contributed by atoms with Gasteiger partial charge < -0.3 is 4.74 Å². The summed E-state index contributed by atoms with van der Waals surface area (Å²) in [6.07, 6.45) is 7.25. The van der Waals surface area contributed by atoms with Crippen LogP contribution in [0.2, 0.25) is 25.7 Å². The van der Waals surface area contributed by atoms with Gasteiger partial charge in [0.2, 0.25) is 0 Å². The second-order valence-corrected chi connectivity index (χ2v) is 12.1. The third-order valence-electron chi connectivity index (χ3n) is 2.50. The van der Waals surface area contributed by atoms with Crippen molar-refractivity contribution in [3.05, 3.63) is 18.0 Å². The number of hydrogen-bond donors (Lipinski definition) is 0. The molecular weight excluding hydrogens is 248 g/mol. The van der Waals surface area contributed by atoms with Crippen molar-refractivity contribution in [1.82, 2.24) is 9.78 Å². The molecule has 0 unspecified atom stereocenters. The van der Waals surface area contributed by atoms with E-state index in [0.717, 1.165) is 18.8 Å². The number of aryl methyl sites for hydroxylation is 1. The topological polar surface area (TPSA) is 27.1 Å². The molecule has 0 fully saturated rings. The van der Waals surface area contributed by atoms with E-state index in [1.54, 1.807) is 0 Å². The summed E-state index contributed by atoms with van der Waals surface area (Å²) in [5.74, 6) is 1.15. The lowest BCUT2D eigenvalue weighted by atomic mass is 10.3. The third-order valence-corrected chi connectivity index (χ3v) is 4.82. The highest BCUT2D eigenvalue weighted by molar-refractivity contribution is 7.98. The molecular formula is C12H24N2OSSi. The fourth-order valence-electron chi connectivity index (χ4n) is 1.36. The van der Waals surface area contributed by atoms with Gasteiger partial charge in [-0.05, 0) is 30.0 Å². The van der Waals surface area contributed by atoms with Crippen LogP contribution in [-0.2, 0) is 17.9 Å². The van der Waals surface area contributed by atoms with Gasteiger partial charge in [0, 0.05) is 20.9 Å². The highest BCUT2D eigenvalue weighted by atomic mass is 32.2. The molecule has 0 radical (unpaired) electrons. The zero-order valence-electron chi connectivity index (χ0n) is 11.4. The van der Waals surface area contributed by atoms with Crippen LogP contribution in [0.4, 0.5) is 0 Å². The second kappa shape index (κ2) is 7.23. The summed E-state index contributed by atoms with van der Waals surface area (Å²) in [6, 6.07) is 1.22. The van der Waals surface area contributed by atoms with Gasteiger partial charge in [-0.1, -0.05) is 19.6 Å². The van der Waals surface area contributed by atoms with E-state index in [0.29, 0.717) is 6.73 Å². The van der Waals surface area contributed by atoms with Crippen molar-refractivity contribution in [2.24, 2.45) is 0 Å². The fraction of sp³-hybridized carbons (Fsp3) is 0.750. The normalized spacial score (nSPS) is 12.0. The molecule has 0 spiro atoms. The fourth-order valence-corrected chi connectivity index (χ4v) is 2.56. The minimum atomic E-state index is -0.965. The van der Waals surface area contributed by atoms with Crippen LogP contribution < -0.4 is 0 Å². The van der Waals surface area contributed by atoms with Crippen LogP contribution in [0.15, 0.2) is 12.4 Å². The van der Waals surface area contributed by atoms with Crippen molar-refractivity contribution < 1.29 is 4.74 Å². The Balaban J connectivity index is 2.21. The van der Waals surface area contributed by atoms with E-state index in [1.807, 2.05) is 22.6 Å². The molecule has 0 saturated carbocycles. The average Bonchev–Trinajstić information content (AvgIpc) is 2.68. The summed E-state index contributed by atoms with van der Waals surface area (Å²) >= 11 is 1.87. The maximum atomic E-state index is 5.64. The predicted octanol–water partition coefficient (Wildman–Crippen LogP) is 3.10. The van der Waals surface area contributed by atoms with E-state index in [4.69, 9.17) is 4.74 Å². The van der Waals surface area contributed by atoms with E-state index < -0.39 is 8.07 Å². The van der Waals surface area contributed by atoms with Crippen LogP contribution in [-0.4, -0.2) is 36.5 Å². The maximum absolute atomic E-state index is 5.64. The first kappa shape index (κ1) is 14.8. The highest BCUT2D eigenvalue weighted by Gasteiger charge is 2.11. The lowest BCUT2D eigenvalue weighted by Crippen LogP contribution is -2.22. The van der Waals surface area contributed by atoms with Gasteiger partial charge in [-0.15, -0.1) is 0 Å². The molecule has 0 amide bonds. The largest absolute Gasteiger partial charge is 0.360 e. The smallest absolute Gasteiger partial charge is 0.139 e. The number of aromatic nitrogens is 2. The number of hydrogen-bond acceptors (Lipinski definition) is 3. The van der Waals surface area contributed by atoms with Crippen LogP contribution in [0.3, 0.4) is 0 Å². The Morgan fingerprint density at radius 3 is 2.82 bits per heavy atom. The summed E-state index contributed by atoms with van der Waals surface area (Å²) in [6.45, 7) is 8.54. The van der Waals surface area contributed by atoms with Gasteiger partial charge in [-0.2, -0.15) is 16.9 Å². The Hall–Kier alpha value is -0.263. The summed E-state index contributed by atoms with van der Waals surface area (Å²) in [5, 5.41) is 4.30. The predicted molar refractivity (Wildman–Crippen MR) is 78.4 cm³/mol. The Kier molecular flexibility index (Phi) is 6.30. The lowest BCUT2D eigenvalue weighted by Gasteiger charge is -2.15. The number of thioether (sulfide) groups is 1. The van der Waals surface area contributed by atoms with Gasteiger partial charge in [0.1, 0.15) is 6.73 Å². The first-order valence-electron chi connectivity index (χ1n) is 6.09. The van der Waals surface area contributed by atoms with E-state index in [9.17, 15) is 0 Å². The Bertz CT molecular complexity index is 323. The monoisotopic (exact) mass is 272 g/mol. The second-order valence-electron chi connectivity index (χ2n) is 5.48. The Morgan fingerprint density at radius 1 is 1.41 bits per heavy atom. The molecule has 5 heteroatoms. The van der Waals surface area contributed by atoms with Crippen molar-refractivity contribution >= 4 is 19.8 Å². The van der Waals surface area contributed by atoms with E-state index in [2.05, 4.69) is 37.2 Å². The molecule has 0 N–H and O–H groups in total. The van der Waals surface area contributed by atoms with Gasteiger partial charge in [0.25, 0.3) is 0 Å². The summed E-state index contributed by atoms with van der Waals surface area (Å²) in [4.78, 5) is 0. The van der Waals surface area contributed by atoms with Crippen LogP contribution in [0.5, 0.6) is 0 Å². The molecule has 1 heterocycles. The number of nitrogens with zero attached hydrogens (tertiary/aromatic N) is 2. The van der Waals surface area contributed by atoms with Crippen LogP contribution >= 0.6 is 11.8 Å². The first-order chi connectivity index (χ1) is 8.01. The quantitative estimate of drug-likeness (QED) is 0.537. The molecule has 0 aromatic carbocycles. The molecule has 1 rings (SSSR count). The van der Waals surface area contributed by atoms with Crippen LogP contribution in [0.1, 0.15) is 5.56 Å². The average molecular weight is 272 g/mol. The molecule has 0 bridgehead atoms. The van der Waals surface area contributed by atoms with Gasteiger partial charge in [0.05, 0.1) is 6.20 Å². The summed E-state index contributed by atoms with van der Waals surface area (Å²) < 4.78 is 7.53. The molecule has 17 heavy (non-hydrogen) atoms. The Morgan fingerprint density at radius 2 is 2.18 bits per heavy atom. The molecule has 98 valence electrons. The third kappa shape index (κ3) is 6.91. The molecule has 1 aromatic heterocycles. The number of ether oxygens (including phenoxy) is 1. The minimum Gasteiger partial charge on any atom is -0.360 e. The van der Waals surface area contributed by atoms with Gasteiger partial charge in [-0.25, -0.2) is 4.68 Å². The standard InChI is InChI=1S/C12H24N2OSSi/c1-16-7-5-12-9-13-14(10-12)11-15-6-8-17(2,3)4/h9-10H,5-8,11H2,1-4H3. The molecule has 0 aliphatic heterocycles. The van der Waals surface area contributed by atoms with Crippen molar-refractivity contribution in [3.8, 4) is 0 Å². The van der Waals surface area contributed by atoms with Crippen LogP contribution in [0.25, 0.3) is 0 Å². The first-order valence-corrected chi connectivity index (χ1v) is 11.2.